The number of alkyl halides is 3. The first-order chi connectivity index (χ1) is 14.2. The smallest absolute Gasteiger partial charge is 0.286 e. The van der Waals surface area contributed by atoms with E-state index in [9.17, 15) is 18.4 Å². The molecule has 1 N–H and O–H groups in total. The first kappa shape index (κ1) is 22.0. The van der Waals surface area contributed by atoms with Crippen molar-refractivity contribution in [3.05, 3.63) is 69.2 Å². The summed E-state index contributed by atoms with van der Waals surface area (Å²) >= 11 is 11.7. The van der Waals surface area contributed by atoms with Crippen molar-refractivity contribution in [1.29, 1.82) is 5.26 Å². The summed E-state index contributed by atoms with van der Waals surface area (Å²) in [5.74, 6) is -1.89. The molecule has 0 saturated carbocycles. The fraction of sp³-hybridized carbons (Fsp3) is 0.238. The molecular weight excluding hydrogens is 436 g/mol. The maximum Gasteiger partial charge on any atom is 0.399 e. The number of hydrogen-bond acceptors (Lipinski definition) is 4. The Morgan fingerprint density at radius 3 is 2.53 bits per heavy atom. The fourth-order valence-corrected chi connectivity index (χ4v) is 3.72. The molecule has 0 radical (unpaired) electrons. The second-order valence-electron chi connectivity index (χ2n) is 6.64. The molecule has 3 rings (SSSR count). The first-order valence-electron chi connectivity index (χ1n) is 9.05. The highest BCUT2D eigenvalue weighted by molar-refractivity contribution is 6.34. The summed E-state index contributed by atoms with van der Waals surface area (Å²) in [4.78, 5) is 4.26. The van der Waals surface area contributed by atoms with Crippen LogP contribution in [0, 0.1) is 11.3 Å². The van der Waals surface area contributed by atoms with Gasteiger partial charge in [-0.05, 0) is 47.9 Å². The van der Waals surface area contributed by atoms with Gasteiger partial charge in [-0.3, -0.25) is 10.4 Å². The maximum absolute atomic E-state index is 13.6. The predicted molar refractivity (Wildman–Crippen MR) is 114 cm³/mol. The van der Waals surface area contributed by atoms with Crippen LogP contribution < -0.4 is 10.4 Å². The summed E-state index contributed by atoms with van der Waals surface area (Å²) in [5, 5.41) is 11.5. The quantitative estimate of drug-likeness (QED) is 0.577. The van der Waals surface area contributed by atoms with E-state index in [0.29, 0.717) is 16.8 Å². The molecule has 2 aromatic carbocycles. The second kappa shape index (κ2) is 8.99. The number of nitrogens with zero attached hydrogens (tertiary/aromatic N) is 3. The van der Waals surface area contributed by atoms with Crippen LogP contribution in [0.1, 0.15) is 36.0 Å². The Morgan fingerprint density at radius 2 is 1.93 bits per heavy atom. The molecule has 2 atom stereocenters. The van der Waals surface area contributed by atoms with Crippen LogP contribution >= 0.6 is 23.2 Å². The molecule has 1 aliphatic heterocycles. The Labute approximate surface area is 182 Å². The minimum Gasteiger partial charge on any atom is -0.286 e. The Morgan fingerprint density at radius 1 is 1.23 bits per heavy atom. The SMILES string of the molecule is CCC1N=CNN1c1ccc(/C=C/C(c2cc(Cl)cc(Cl)c2)C(F)(F)F)cc1C#N. The van der Waals surface area contributed by atoms with E-state index in [0.717, 1.165) is 12.5 Å². The van der Waals surface area contributed by atoms with Gasteiger partial charge < -0.3 is 0 Å². The molecule has 30 heavy (non-hydrogen) atoms. The number of hydrogen-bond donors (Lipinski definition) is 1. The molecule has 0 fully saturated rings. The van der Waals surface area contributed by atoms with E-state index in [-0.39, 0.29) is 21.8 Å². The highest BCUT2D eigenvalue weighted by Crippen LogP contribution is 2.38. The van der Waals surface area contributed by atoms with Crippen LogP contribution in [0.2, 0.25) is 10.0 Å². The third kappa shape index (κ3) is 4.89. The van der Waals surface area contributed by atoms with E-state index < -0.39 is 12.1 Å². The highest BCUT2D eigenvalue weighted by atomic mass is 35.5. The lowest BCUT2D eigenvalue weighted by molar-refractivity contribution is -0.139. The van der Waals surface area contributed by atoms with Crippen LogP contribution in [0.25, 0.3) is 6.08 Å². The summed E-state index contributed by atoms with van der Waals surface area (Å²) in [6.45, 7) is 1.96. The standard InChI is InChI=1S/C21H17Cl2F3N4/c1-2-20-28-12-29-30(20)19-6-4-13(7-15(19)11-27)3-5-18(21(24,25)26)14-8-16(22)10-17(23)9-14/h3-10,12,18,20H,2H2,1H3,(H,28,29)/b5-3+. The van der Waals surface area contributed by atoms with Gasteiger partial charge in [0.2, 0.25) is 0 Å². The molecule has 156 valence electrons. The maximum atomic E-state index is 13.6. The minimum atomic E-state index is -4.53. The lowest BCUT2D eigenvalue weighted by atomic mass is 9.96. The first-order valence-corrected chi connectivity index (χ1v) is 9.80. The molecule has 1 aliphatic rings. The molecule has 9 heteroatoms. The Bertz CT molecular complexity index is 1010. The van der Waals surface area contributed by atoms with Crippen LogP contribution in [0.3, 0.4) is 0 Å². The van der Waals surface area contributed by atoms with Crippen LogP contribution in [-0.4, -0.2) is 18.7 Å². The van der Waals surface area contributed by atoms with Crippen LogP contribution in [0.4, 0.5) is 18.9 Å². The number of allylic oxidation sites excluding steroid dienone is 1. The van der Waals surface area contributed by atoms with Gasteiger partial charge in [0.25, 0.3) is 0 Å². The molecule has 0 saturated heterocycles. The van der Waals surface area contributed by atoms with Crippen molar-refractivity contribution in [3.63, 3.8) is 0 Å². The molecule has 0 aromatic heterocycles. The number of hydrazine groups is 1. The zero-order valence-corrected chi connectivity index (χ0v) is 17.3. The monoisotopic (exact) mass is 452 g/mol. The summed E-state index contributed by atoms with van der Waals surface area (Å²) in [6, 6.07) is 10.8. The van der Waals surface area contributed by atoms with Gasteiger partial charge in [0, 0.05) is 10.0 Å². The molecule has 2 aromatic rings. The Balaban J connectivity index is 1.92. The molecule has 0 bridgehead atoms. The lowest BCUT2D eigenvalue weighted by Gasteiger charge is -2.25. The molecular formula is C21H17Cl2F3N4. The van der Waals surface area contributed by atoms with Gasteiger partial charge in [-0.25, -0.2) is 4.99 Å². The van der Waals surface area contributed by atoms with E-state index >= 15 is 0 Å². The van der Waals surface area contributed by atoms with Crippen molar-refractivity contribution in [2.75, 3.05) is 5.01 Å². The second-order valence-corrected chi connectivity index (χ2v) is 7.51. The third-order valence-electron chi connectivity index (χ3n) is 4.58. The van der Waals surface area contributed by atoms with Crippen molar-refractivity contribution in [2.24, 2.45) is 4.99 Å². The summed E-state index contributed by atoms with van der Waals surface area (Å²) < 4.78 is 40.9. The third-order valence-corrected chi connectivity index (χ3v) is 5.02. The van der Waals surface area contributed by atoms with E-state index in [1.165, 1.54) is 30.3 Å². The van der Waals surface area contributed by atoms with Gasteiger partial charge in [-0.1, -0.05) is 48.3 Å². The summed E-state index contributed by atoms with van der Waals surface area (Å²) in [7, 11) is 0. The molecule has 4 nitrogen and oxygen atoms in total. The van der Waals surface area contributed by atoms with Crippen LogP contribution in [0.5, 0.6) is 0 Å². The lowest BCUT2D eigenvalue weighted by Crippen LogP contribution is -2.38. The Kier molecular flexibility index (Phi) is 6.59. The number of benzene rings is 2. The average Bonchev–Trinajstić information content (AvgIpc) is 3.14. The van der Waals surface area contributed by atoms with Gasteiger partial charge in [0.1, 0.15) is 18.6 Å². The normalized spacial score (nSPS) is 17.2. The van der Waals surface area contributed by atoms with Gasteiger partial charge in [-0.2, -0.15) is 18.4 Å². The van der Waals surface area contributed by atoms with Crippen molar-refractivity contribution in [3.8, 4) is 6.07 Å². The zero-order valence-electron chi connectivity index (χ0n) is 15.8. The van der Waals surface area contributed by atoms with Crippen molar-refractivity contribution < 1.29 is 13.2 Å². The number of rotatable bonds is 5. The largest absolute Gasteiger partial charge is 0.399 e. The van der Waals surface area contributed by atoms with Crippen molar-refractivity contribution in [1.82, 2.24) is 5.43 Å². The fourth-order valence-electron chi connectivity index (χ4n) is 3.18. The van der Waals surface area contributed by atoms with E-state index in [1.807, 2.05) is 6.92 Å². The molecule has 0 aliphatic carbocycles. The highest BCUT2D eigenvalue weighted by Gasteiger charge is 2.39. The molecule has 0 amide bonds. The average molecular weight is 453 g/mol. The summed E-state index contributed by atoms with van der Waals surface area (Å²) in [6.07, 6.45) is -0.0417. The molecule has 2 unspecified atom stereocenters. The predicted octanol–water partition coefficient (Wildman–Crippen LogP) is 6.31. The topological polar surface area (TPSA) is 51.4 Å². The number of halogens is 5. The molecule has 0 spiro atoms. The summed E-state index contributed by atoms with van der Waals surface area (Å²) in [5.41, 5.74) is 4.30. The van der Waals surface area contributed by atoms with Gasteiger partial charge in [0.15, 0.2) is 0 Å². The Hall–Kier alpha value is -2.69. The van der Waals surface area contributed by atoms with Crippen molar-refractivity contribution in [2.45, 2.75) is 31.6 Å². The van der Waals surface area contributed by atoms with Crippen LogP contribution in [0.15, 0.2) is 47.5 Å². The van der Waals surface area contributed by atoms with Crippen molar-refractivity contribution >= 4 is 41.3 Å². The number of anilines is 1. The minimum absolute atomic E-state index is 0.0578. The number of nitrogens with one attached hydrogen (secondary N) is 1. The van der Waals surface area contributed by atoms with Gasteiger partial charge >= 0.3 is 6.18 Å². The van der Waals surface area contributed by atoms with Crippen LogP contribution in [-0.2, 0) is 0 Å². The van der Waals surface area contributed by atoms with Gasteiger partial charge in [-0.15, -0.1) is 0 Å². The van der Waals surface area contributed by atoms with Gasteiger partial charge in [0.05, 0.1) is 17.2 Å². The zero-order chi connectivity index (χ0) is 21.9. The molecule has 1 heterocycles. The van der Waals surface area contributed by atoms with E-state index in [2.05, 4.69) is 16.5 Å². The van der Waals surface area contributed by atoms with E-state index in [1.54, 1.807) is 23.5 Å². The number of nitriles is 1. The van der Waals surface area contributed by atoms with E-state index in [4.69, 9.17) is 23.2 Å². The number of aliphatic imine (C=N–C) groups is 1.